The molecule has 0 fully saturated rings. The lowest BCUT2D eigenvalue weighted by Gasteiger charge is -2.04. The topological polar surface area (TPSA) is 17.1 Å². The molecule has 84 valence electrons. The van der Waals surface area contributed by atoms with Crippen LogP contribution >= 0.6 is 0 Å². The number of rotatable bonds is 4. The third-order valence-corrected chi connectivity index (χ3v) is 2.72. The highest BCUT2D eigenvalue weighted by Gasteiger charge is 2.09. The van der Waals surface area contributed by atoms with Crippen molar-refractivity contribution in [3.8, 4) is 0 Å². The number of Topliss-reactive ketones (excluding diaryl/α,β-unsaturated/α-hetero) is 1. The van der Waals surface area contributed by atoms with Crippen molar-refractivity contribution in [2.45, 2.75) is 6.42 Å². The Labute approximate surface area is 101 Å². The third kappa shape index (κ3) is 2.34. The fraction of sp³-hybridized carbons (Fsp3) is 0.0625. The zero-order valence-electron chi connectivity index (χ0n) is 9.65. The van der Waals surface area contributed by atoms with E-state index in [1.54, 1.807) is 6.08 Å². The molecule has 0 atom stereocenters. The van der Waals surface area contributed by atoms with Crippen molar-refractivity contribution in [3.63, 3.8) is 0 Å². The summed E-state index contributed by atoms with van der Waals surface area (Å²) in [6, 6.07) is 13.7. The van der Waals surface area contributed by atoms with Gasteiger partial charge in [-0.15, -0.1) is 6.58 Å². The monoisotopic (exact) mass is 222 g/mol. The highest BCUT2D eigenvalue weighted by atomic mass is 16.1. The summed E-state index contributed by atoms with van der Waals surface area (Å²) in [5, 5.41) is 2.21. The van der Waals surface area contributed by atoms with Gasteiger partial charge in [-0.2, -0.15) is 0 Å². The predicted molar refractivity (Wildman–Crippen MR) is 72.2 cm³/mol. The molecule has 0 saturated carbocycles. The van der Waals surface area contributed by atoms with Gasteiger partial charge in [-0.3, -0.25) is 4.79 Å². The average Bonchev–Trinajstić information content (AvgIpc) is 2.37. The van der Waals surface area contributed by atoms with Gasteiger partial charge in [0.25, 0.3) is 0 Å². The maximum Gasteiger partial charge on any atom is 0.188 e. The van der Waals surface area contributed by atoms with E-state index in [1.165, 1.54) is 0 Å². The molecular weight excluding hydrogens is 208 g/mol. The van der Waals surface area contributed by atoms with Crippen LogP contribution in [0.5, 0.6) is 0 Å². The largest absolute Gasteiger partial charge is 0.289 e. The van der Waals surface area contributed by atoms with E-state index >= 15 is 0 Å². The molecule has 1 heteroatoms. The van der Waals surface area contributed by atoms with Gasteiger partial charge in [-0.1, -0.05) is 49.1 Å². The van der Waals surface area contributed by atoms with Crippen molar-refractivity contribution < 1.29 is 4.79 Å². The van der Waals surface area contributed by atoms with Crippen molar-refractivity contribution >= 4 is 16.6 Å². The van der Waals surface area contributed by atoms with Crippen LogP contribution < -0.4 is 0 Å². The van der Waals surface area contributed by atoms with E-state index in [0.717, 1.165) is 10.8 Å². The normalized spacial score (nSPS) is 10.1. The Morgan fingerprint density at radius 2 is 1.82 bits per heavy atom. The van der Waals surface area contributed by atoms with Crippen LogP contribution in [0, 0.1) is 0 Å². The van der Waals surface area contributed by atoms with Gasteiger partial charge >= 0.3 is 0 Å². The Morgan fingerprint density at radius 3 is 2.53 bits per heavy atom. The molecule has 1 nitrogen and oxygen atoms in total. The molecule has 0 aliphatic carbocycles. The fourth-order valence-corrected chi connectivity index (χ4v) is 1.80. The SMILES string of the molecule is C=CCC(=C)C(=O)c1ccc2ccccc2c1. The summed E-state index contributed by atoms with van der Waals surface area (Å²) < 4.78 is 0. The molecule has 2 aromatic rings. The lowest BCUT2D eigenvalue weighted by Crippen LogP contribution is -2.01. The smallest absolute Gasteiger partial charge is 0.188 e. The Bertz CT molecular complexity index is 593. The highest BCUT2D eigenvalue weighted by molar-refractivity contribution is 6.10. The summed E-state index contributed by atoms with van der Waals surface area (Å²) in [4.78, 5) is 12.0. The van der Waals surface area contributed by atoms with Gasteiger partial charge in [0.1, 0.15) is 0 Å². The molecule has 0 radical (unpaired) electrons. The zero-order chi connectivity index (χ0) is 12.3. The number of allylic oxidation sites excluding steroid dienone is 2. The van der Waals surface area contributed by atoms with E-state index in [2.05, 4.69) is 13.2 Å². The van der Waals surface area contributed by atoms with Crippen LogP contribution in [-0.2, 0) is 0 Å². The molecule has 0 amide bonds. The number of fused-ring (bicyclic) bond motifs is 1. The van der Waals surface area contributed by atoms with Gasteiger partial charge in [0.05, 0.1) is 0 Å². The van der Waals surface area contributed by atoms with Crippen LogP contribution in [0.25, 0.3) is 10.8 Å². The van der Waals surface area contributed by atoms with Crippen molar-refractivity contribution in [2.24, 2.45) is 0 Å². The lowest BCUT2D eigenvalue weighted by molar-refractivity contribution is 0.103. The van der Waals surface area contributed by atoms with Gasteiger partial charge in [0.2, 0.25) is 0 Å². The zero-order valence-corrected chi connectivity index (χ0v) is 9.65. The minimum absolute atomic E-state index is 0.00402. The molecule has 0 unspecified atom stereocenters. The Kier molecular flexibility index (Phi) is 3.20. The molecule has 0 spiro atoms. The van der Waals surface area contributed by atoms with Crippen LogP contribution in [0.4, 0.5) is 0 Å². The molecular formula is C16H14O. The fourth-order valence-electron chi connectivity index (χ4n) is 1.80. The summed E-state index contributed by atoms with van der Waals surface area (Å²) in [5.41, 5.74) is 1.27. The van der Waals surface area contributed by atoms with E-state index in [9.17, 15) is 4.79 Å². The van der Waals surface area contributed by atoms with E-state index in [-0.39, 0.29) is 5.78 Å². The second-order valence-corrected chi connectivity index (χ2v) is 3.99. The molecule has 0 bridgehead atoms. The van der Waals surface area contributed by atoms with Crippen molar-refractivity contribution in [1.82, 2.24) is 0 Å². The molecule has 0 saturated heterocycles. The van der Waals surface area contributed by atoms with Gasteiger partial charge in [0, 0.05) is 5.56 Å². The van der Waals surface area contributed by atoms with Crippen LogP contribution in [0.2, 0.25) is 0 Å². The Morgan fingerprint density at radius 1 is 1.12 bits per heavy atom. The van der Waals surface area contributed by atoms with Gasteiger partial charge in [0.15, 0.2) is 5.78 Å². The van der Waals surface area contributed by atoms with Crippen LogP contribution in [0.1, 0.15) is 16.8 Å². The second-order valence-electron chi connectivity index (χ2n) is 3.99. The first-order chi connectivity index (χ1) is 8.22. The number of benzene rings is 2. The number of hydrogen-bond donors (Lipinski definition) is 0. The van der Waals surface area contributed by atoms with E-state index < -0.39 is 0 Å². The lowest BCUT2D eigenvalue weighted by atomic mass is 9.99. The summed E-state index contributed by atoms with van der Waals surface area (Å²) in [6.07, 6.45) is 2.23. The summed E-state index contributed by atoms with van der Waals surface area (Å²) >= 11 is 0. The first-order valence-corrected chi connectivity index (χ1v) is 5.54. The van der Waals surface area contributed by atoms with Gasteiger partial charge in [-0.25, -0.2) is 0 Å². The van der Waals surface area contributed by atoms with Crippen LogP contribution in [0.3, 0.4) is 0 Å². The second kappa shape index (κ2) is 4.79. The van der Waals surface area contributed by atoms with Gasteiger partial charge in [-0.05, 0) is 28.8 Å². The molecule has 2 rings (SSSR count). The maximum absolute atomic E-state index is 12.0. The molecule has 0 N–H and O–H groups in total. The number of hydrogen-bond acceptors (Lipinski definition) is 1. The van der Waals surface area contributed by atoms with E-state index in [0.29, 0.717) is 17.6 Å². The first kappa shape index (κ1) is 11.3. The quantitative estimate of drug-likeness (QED) is 0.431. The Balaban J connectivity index is 2.39. The van der Waals surface area contributed by atoms with E-state index in [1.807, 2.05) is 42.5 Å². The predicted octanol–water partition coefficient (Wildman–Crippen LogP) is 4.15. The molecule has 0 aromatic heterocycles. The highest BCUT2D eigenvalue weighted by Crippen LogP contribution is 2.18. The van der Waals surface area contributed by atoms with Crippen molar-refractivity contribution in [1.29, 1.82) is 0 Å². The van der Waals surface area contributed by atoms with Gasteiger partial charge < -0.3 is 0 Å². The molecule has 0 aliphatic rings. The minimum atomic E-state index is -0.00402. The van der Waals surface area contributed by atoms with Crippen molar-refractivity contribution in [2.75, 3.05) is 0 Å². The Hall–Kier alpha value is -2.15. The molecule has 17 heavy (non-hydrogen) atoms. The standard InChI is InChI=1S/C16H14O/c1-3-6-12(2)16(17)15-10-9-13-7-4-5-8-14(13)11-15/h3-5,7-11H,1-2,6H2. The van der Waals surface area contributed by atoms with Crippen LogP contribution in [-0.4, -0.2) is 5.78 Å². The molecule has 2 aromatic carbocycles. The summed E-state index contributed by atoms with van der Waals surface area (Å²) in [7, 11) is 0. The molecule has 0 aliphatic heterocycles. The molecule has 0 heterocycles. The third-order valence-electron chi connectivity index (χ3n) is 2.72. The first-order valence-electron chi connectivity index (χ1n) is 5.54. The van der Waals surface area contributed by atoms with Crippen LogP contribution in [0.15, 0.2) is 67.3 Å². The number of carbonyl (C=O) groups excluding carboxylic acids is 1. The minimum Gasteiger partial charge on any atom is -0.289 e. The summed E-state index contributed by atoms with van der Waals surface area (Å²) in [5.74, 6) is -0.00402. The maximum atomic E-state index is 12.0. The number of carbonyl (C=O) groups is 1. The summed E-state index contributed by atoms with van der Waals surface area (Å²) in [6.45, 7) is 7.39. The average molecular weight is 222 g/mol. The van der Waals surface area contributed by atoms with E-state index in [4.69, 9.17) is 0 Å². The van der Waals surface area contributed by atoms with Crippen molar-refractivity contribution in [3.05, 3.63) is 72.8 Å². The number of ketones is 1.